The Hall–Kier alpha value is 0.265. The van der Waals surface area contributed by atoms with E-state index in [0.717, 1.165) is 31.3 Å². The molecule has 0 aromatic rings. The van der Waals surface area contributed by atoms with E-state index in [1.54, 1.807) is 21.3 Å². The monoisotopic (exact) mass is 691 g/mol. The van der Waals surface area contributed by atoms with Gasteiger partial charge in [-0.15, -0.1) is 6.42 Å². The summed E-state index contributed by atoms with van der Waals surface area (Å²) in [6, 6.07) is 0.701. The van der Waals surface area contributed by atoms with E-state index in [9.17, 15) is 0 Å². The zero-order chi connectivity index (χ0) is 26.3. The van der Waals surface area contributed by atoms with Gasteiger partial charge in [0.25, 0.3) is 0 Å². The van der Waals surface area contributed by atoms with Crippen molar-refractivity contribution in [3.63, 3.8) is 0 Å². The van der Waals surface area contributed by atoms with Gasteiger partial charge in [-0.3, -0.25) is 6.08 Å². The van der Waals surface area contributed by atoms with Crippen LogP contribution < -0.4 is 0 Å². The predicted molar refractivity (Wildman–Crippen MR) is 154 cm³/mol. The van der Waals surface area contributed by atoms with E-state index in [1.165, 1.54) is 77.0 Å². The summed E-state index contributed by atoms with van der Waals surface area (Å²) in [4.78, 5) is 0. The predicted octanol–water partition coefficient (Wildman–Crippen LogP) is 9.92. The summed E-state index contributed by atoms with van der Waals surface area (Å²) in [5.74, 6) is 0. The second kappa shape index (κ2) is 36.4. The molecule has 0 unspecified atom stereocenters. The molecule has 0 fully saturated rings. The smallest absolute Gasteiger partial charge is 0.377 e. The van der Waals surface area contributed by atoms with E-state index in [1.807, 2.05) is 6.08 Å². The summed E-state index contributed by atoms with van der Waals surface area (Å²) < 4.78 is 15.9. The average molecular weight is 692 g/mol. The van der Waals surface area contributed by atoms with Crippen molar-refractivity contribution in [1.29, 1.82) is 0 Å². The first-order chi connectivity index (χ1) is 16.5. The largest absolute Gasteiger partial charge is 4.00 e. The molecule has 0 aliphatic heterocycles. The van der Waals surface area contributed by atoms with Crippen molar-refractivity contribution in [3.8, 4) is 0 Å². The third kappa shape index (κ3) is 32.2. The molecule has 35 heavy (non-hydrogen) atoms. The molecule has 1 aliphatic rings. The molecule has 0 aromatic carbocycles. The molecule has 0 saturated heterocycles. The topological polar surface area (TPSA) is 27.7 Å². The molecule has 1 aliphatic carbocycles. The minimum atomic E-state index is -2.43. The summed E-state index contributed by atoms with van der Waals surface area (Å²) in [7, 11) is 2.44. The summed E-state index contributed by atoms with van der Waals surface area (Å²) in [6.07, 6.45) is 27.8. The first-order valence-electron chi connectivity index (χ1n) is 13.8. The van der Waals surface area contributed by atoms with Crippen LogP contribution >= 0.6 is 0 Å². The molecular weight excluding hydrogens is 631 g/mol. The molecule has 0 heterocycles. The van der Waals surface area contributed by atoms with E-state index in [0.29, 0.717) is 6.04 Å². The number of hydrogen-bond acceptors (Lipinski definition) is 3. The Balaban J connectivity index is -0.000000191. The Morgan fingerprint density at radius 1 is 0.686 bits per heavy atom. The first kappa shape index (κ1) is 42.4. The fourth-order valence-corrected chi connectivity index (χ4v) is 4.72. The van der Waals surface area contributed by atoms with Gasteiger partial charge in [-0.25, -0.2) is 11.6 Å². The zero-order valence-corrected chi connectivity index (χ0v) is 27.6. The standard InChI is InChI=1S/C9H15O3Si.3C7H15.Pt/c1-10-13(11-2,12-3)8-9-6-4-5-7-9;3*1-3-5-7-6-4-2;/h4,6H,5,8H2,1-3H3;3*1,3-7H2,2H3;/q4*-1;+4. The molecule has 0 N–H and O–H groups in total. The summed E-state index contributed by atoms with van der Waals surface area (Å²) in [5.41, 5.74) is 1.12. The van der Waals surface area contributed by atoms with Gasteiger partial charge in [0, 0.05) is 27.4 Å². The number of allylic oxidation sites excluding steroid dienone is 4. The maximum Gasteiger partial charge on any atom is 4.00 e. The summed E-state index contributed by atoms with van der Waals surface area (Å²) in [5, 5.41) is 0. The Kier molecular flexibility index (Phi) is 44.1. The minimum Gasteiger partial charge on any atom is -0.377 e. The van der Waals surface area contributed by atoms with Crippen molar-refractivity contribution >= 4 is 8.80 Å². The van der Waals surface area contributed by atoms with E-state index >= 15 is 0 Å². The minimum absolute atomic E-state index is 0. The van der Waals surface area contributed by atoms with Gasteiger partial charge in [0.05, 0.1) is 0 Å². The van der Waals surface area contributed by atoms with Gasteiger partial charge in [0.2, 0.25) is 0 Å². The van der Waals surface area contributed by atoms with Crippen LogP contribution in [0.4, 0.5) is 0 Å². The van der Waals surface area contributed by atoms with E-state index in [2.05, 4.69) is 53.7 Å². The van der Waals surface area contributed by atoms with E-state index < -0.39 is 8.80 Å². The third-order valence-corrected chi connectivity index (χ3v) is 8.10. The van der Waals surface area contributed by atoms with Gasteiger partial charge >= 0.3 is 29.9 Å². The van der Waals surface area contributed by atoms with Gasteiger partial charge in [0.15, 0.2) is 0 Å². The van der Waals surface area contributed by atoms with Gasteiger partial charge in [-0.05, 0) is 0 Å². The van der Waals surface area contributed by atoms with E-state index in [4.69, 9.17) is 13.3 Å². The van der Waals surface area contributed by atoms with Crippen molar-refractivity contribution in [3.05, 3.63) is 44.6 Å². The molecule has 0 spiro atoms. The SMILES string of the molecule is CO[Si](CC1=[C-]CC=C1)(OC)OC.[CH2-]CCCCCC.[CH2-]CCCCCC.[CH2-]CCCCCC.[Pt+4]. The number of rotatable bonds is 17. The van der Waals surface area contributed by atoms with Crippen LogP contribution in [0.25, 0.3) is 0 Å². The fourth-order valence-electron chi connectivity index (χ4n) is 3.08. The van der Waals surface area contributed by atoms with Gasteiger partial charge < -0.3 is 34.0 Å². The van der Waals surface area contributed by atoms with Crippen LogP contribution in [-0.4, -0.2) is 30.1 Å². The summed E-state index contributed by atoms with van der Waals surface area (Å²) in [6.45, 7) is 17.9. The van der Waals surface area contributed by atoms with Crippen molar-refractivity contribution in [2.45, 2.75) is 130 Å². The Morgan fingerprint density at radius 2 is 1.06 bits per heavy atom. The Morgan fingerprint density at radius 3 is 1.29 bits per heavy atom. The van der Waals surface area contributed by atoms with Crippen LogP contribution in [0.5, 0.6) is 0 Å². The molecule has 5 heteroatoms. The Labute approximate surface area is 237 Å². The zero-order valence-electron chi connectivity index (χ0n) is 24.3. The van der Waals surface area contributed by atoms with E-state index in [-0.39, 0.29) is 21.1 Å². The molecule has 0 bridgehead atoms. The maximum absolute atomic E-state index is 5.30. The van der Waals surface area contributed by atoms with Crippen molar-refractivity contribution in [2.75, 3.05) is 21.3 Å². The van der Waals surface area contributed by atoms with Crippen molar-refractivity contribution in [1.82, 2.24) is 0 Å². The first-order valence-corrected chi connectivity index (χ1v) is 15.7. The number of hydrogen-bond donors (Lipinski definition) is 0. The van der Waals surface area contributed by atoms with Gasteiger partial charge in [0.1, 0.15) is 0 Å². The van der Waals surface area contributed by atoms with Crippen LogP contribution in [0.15, 0.2) is 17.7 Å². The molecule has 0 aromatic heterocycles. The second-order valence-corrected chi connectivity index (χ2v) is 11.5. The molecule has 212 valence electrons. The van der Waals surface area contributed by atoms with Crippen LogP contribution in [0.3, 0.4) is 0 Å². The van der Waals surface area contributed by atoms with Gasteiger partial charge in [-0.1, -0.05) is 97.8 Å². The third-order valence-electron chi connectivity index (χ3n) is 5.42. The molecule has 0 atom stereocenters. The molecule has 0 radical (unpaired) electrons. The molecule has 0 saturated carbocycles. The molecule has 3 nitrogen and oxygen atoms in total. The molecule has 0 amide bonds. The fraction of sp³-hybridized carbons (Fsp3) is 0.767. The maximum atomic E-state index is 5.30. The molecule has 1 rings (SSSR count). The normalized spacial score (nSPS) is 11.7. The van der Waals surface area contributed by atoms with Crippen LogP contribution in [-0.2, 0) is 34.3 Å². The quantitative estimate of drug-likeness (QED) is 0.0864. The second-order valence-electron chi connectivity index (χ2n) is 8.52. The van der Waals surface area contributed by atoms with Crippen molar-refractivity contribution < 1.29 is 34.3 Å². The average Bonchev–Trinajstić information content (AvgIpc) is 3.38. The van der Waals surface area contributed by atoms with Crippen molar-refractivity contribution in [2.24, 2.45) is 0 Å². The number of unbranched alkanes of at least 4 members (excludes halogenated alkanes) is 12. The van der Waals surface area contributed by atoms with Crippen LogP contribution in [0, 0.1) is 26.8 Å². The van der Waals surface area contributed by atoms with Crippen LogP contribution in [0.2, 0.25) is 6.04 Å². The molecular formula is C30H60O3PtSi. The Bertz CT molecular complexity index is 380. The van der Waals surface area contributed by atoms with Gasteiger partial charge in [-0.2, -0.15) is 25.3 Å². The van der Waals surface area contributed by atoms with Crippen LogP contribution in [0.1, 0.15) is 124 Å². The summed E-state index contributed by atoms with van der Waals surface area (Å²) >= 11 is 0.